The molecule has 6 heteroatoms. The molecule has 1 aromatic rings. The summed E-state index contributed by atoms with van der Waals surface area (Å²) >= 11 is 0. The molecule has 1 aromatic carbocycles. The Kier molecular flexibility index (Phi) is 3.88. The summed E-state index contributed by atoms with van der Waals surface area (Å²) in [5.41, 5.74) is 4.41. The highest BCUT2D eigenvalue weighted by Gasteiger charge is 2.31. The van der Waals surface area contributed by atoms with Crippen molar-refractivity contribution in [2.24, 2.45) is 5.73 Å². The molecule has 0 saturated heterocycles. The van der Waals surface area contributed by atoms with Gasteiger partial charge in [-0.1, -0.05) is 6.07 Å². The van der Waals surface area contributed by atoms with Gasteiger partial charge in [-0.15, -0.1) is 0 Å². The summed E-state index contributed by atoms with van der Waals surface area (Å²) in [5.74, 6) is -1.00. The lowest BCUT2D eigenvalue weighted by molar-refractivity contribution is -0.137. The number of rotatable bonds is 3. The van der Waals surface area contributed by atoms with Gasteiger partial charge in [-0.05, 0) is 18.6 Å². The summed E-state index contributed by atoms with van der Waals surface area (Å²) in [4.78, 5) is 0. The quantitative estimate of drug-likeness (QED) is 0.792. The fourth-order valence-electron chi connectivity index (χ4n) is 1.30. The molecule has 0 aromatic heterocycles. The molecule has 0 amide bonds. The Bertz CT molecular complexity index is 364. The maximum absolute atomic E-state index is 13.3. The molecule has 1 rings (SSSR count). The zero-order valence-electron chi connectivity index (χ0n) is 8.26. The SMILES string of the molecule is N[C@@H](CCO)c1ccc(C(F)(F)F)cc1F. The first-order valence-corrected chi connectivity index (χ1v) is 4.59. The molecule has 0 aliphatic heterocycles. The number of benzene rings is 1. The average Bonchev–Trinajstić information content (AvgIpc) is 2.16. The second kappa shape index (κ2) is 4.80. The van der Waals surface area contributed by atoms with E-state index in [1.54, 1.807) is 0 Å². The lowest BCUT2D eigenvalue weighted by Crippen LogP contribution is -2.15. The summed E-state index contributed by atoms with van der Waals surface area (Å²) in [6.07, 6.45) is -4.47. The van der Waals surface area contributed by atoms with Crippen LogP contribution >= 0.6 is 0 Å². The summed E-state index contributed by atoms with van der Waals surface area (Å²) in [6, 6.07) is 1.38. The largest absolute Gasteiger partial charge is 0.416 e. The smallest absolute Gasteiger partial charge is 0.396 e. The Morgan fingerprint density at radius 2 is 1.94 bits per heavy atom. The maximum atomic E-state index is 13.3. The molecule has 0 aliphatic rings. The highest BCUT2D eigenvalue weighted by Crippen LogP contribution is 2.31. The number of nitrogens with two attached hydrogens (primary N) is 1. The third-order valence-corrected chi connectivity index (χ3v) is 2.17. The van der Waals surface area contributed by atoms with E-state index in [2.05, 4.69) is 0 Å². The van der Waals surface area contributed by atoms with E-state index in [4.69, 9.17) is 10.8 Å². The van der Waals surface area contributed by atoms with E-state index in [0.29, 0.717) is 6.07 Å². The highest BCUT2D eigenvalue weighted by atomic mass is 19.4. The minimum atomic E-state index is -4.57. The number of aliphatic hydroxyl groups is 1. The second-order valence-corrected chi connectivity index (χ2v) is 3.35. The van der Waals surface area contributed by atoms with Crippen molar-refractivity contribution >= 4 is 0 Å². The molecule has 0 spiro atoms. The molecular formula is C10H11F4NO. The van der Waals surface area contributed by atoms with Crippen molar-refractivity contribution < 1.29 is 22.7 Å². The molecular weight excluding hydrogens is 226 g/mol. The van der Waals surface area contributed by atoms with Gasteiger partial charge in [-0.2, -0.15) is 13.2 Å². The lowest BCUT2D eigenvalue weighted by atomic mass is 10.0. The zero-order chi connectivity index (χ0) is 12.3. The van der Waals surface area contributed by atoms with Crippen LogP contribution in [-0.4, -0.2) is 11.7 Å². The fourth-order valence-corrected chi connectivity index (χ4v) is 1.30. The van der Waals surface area contributed by atoms with Crippen LogP contribution in [-0.2, 0) is 6.18 Å². The molecule has 90 valence electrons. The Morgan fingerprint density at radius 3 is 2.38 bits per heavy atom. The number of hydrogen-bond acceptors (Lipinski definition) is 2. The summed E-state index contributed by atoms with van der Waals surface area (Å²) < 4.78 is 49.9. The Morgan fingerprint density at radius 1 is 1.31 bits per heavy atom. The van der Waals surface area contributed by atoms with Crippen LogP contribution in [0.4, 0.5) is 17.6 Å². The normalized spacial score (nSPS) is 13.9. The molecule has 0 saturated carbocycles. The van der Waals surface area contributed by atoms with Crippen molar-refractivity contribution in [1.29, 1.82) is 0 Å². The van der Waals surface area contributed by atoms with Gasteiger partial charge in [0, 0.05) is 18.2 Å². The predicted octanol–water partition coefficient (Wildman–Crippen LogP) is 2.23. The van der Waals surface area contributed by atoms with Crippen LogP contribution in [0.3, 0.4) is 0 Å². The van der Waals surface area contributed by atoms with Gasteiger partial charge in [-0.25, -0.2) is 4.39 Å². The molecule has 2 nitrogen and oxygen atoms in total. The number of halogens is 4. The van der Waals surface area contributed by atoms with Crippen molar-refractivity contribution in [3.8, 4) is 0 Å². The monoisotopic (exact) mass is 237 g/mol. The Labute approximate surface area is 89.7 Å². The van der Waals surface area contributed by atoms with E-state index in [0.717, 1.165) is 12.1 Å². The summed E-state index contributed by atoms with van der Waals surface area (Å²) in [6.45, 7) is -0.248. The zero-order valence-corrected chi connectivity index (χ0v) is 8.26. The average molecular weight is 237 g/mol. The van der Waals surface area contributed by atoms with Gasteiger partial charge in [-0.3, -0.25) is 0 Å². The van der Waals surface area contributed by atoms with Crippen LogP contribution in [0.15, 0.2) is 18.2 Å². The van der Waals surface area contributed by atoms with E-state index in [1.165, 1.54) is 0 Å². The van der Waals surface area contributed by atoms with Gasteiger partial charge in [0.15, 0.2) is 0 Å². The number of hydrogen-bond donors (Lipinski definition) is 2. The van der Waals surface area contributed by atoms with Gasteiger partial charge in [0.2, 0.25) is 0 Å². The fraction of sp³-hybridized carbons (Fsp3) is 0.400. The molecule has 0 heterocycles. The molecule has 0 aliphatic carbocycles. The first-order valence-electron chi connectivity index (χ1n) is 4.59. The van der Waals surface area contributed by atoms with Crippen LogP contribution in [0.2, 0.25) is 0 Å². The van der Waals surface area contributed by atoms with E-state index in [9.17, 15) is 17.6 Å². The lowest BCUT2D eigenvalue weighted by Gasteiger charge is -2.13. The topological polar surface area (TPSA) is 46.2 Å². The van der Waals surface area contributed by atoms with Gasteiger partial charge in [0.25, 0.3) is 0 Å². The van der Waals surface area contributed by atoms with E-state index >= 15 is 0 Å². The van der Waals surface area contributed by atoms with E-state index in [1.807, 2.05) is 0 Å². The Balaban J connectivity index is 3.00. The molecule has 0 radical (unpaired) electrons. The van der Waals surface area contributed by atoms with Gasteiger partial charge >= 0.3 is 6.18 Å². The van der Waals surface area contributed by atoms with E-state index in [-0.39, 0.29) is 18.6 Å². The predicted molar refractivity (Wildman–Crippen MR) is 50.0 cm³/mol. The second-order valence-electron chi connectivity index (χ2n) is 3.35. The van der Waals surface area contributed by atoms with Crippen molar-refractivity contribution in [2.45, 2.75) is 18.6 Å². The van der Waals surface area contributed by atoms with Crippen LogP contribution in [0.25, 0.3) is 0 Å². The van der Waals surface area contributed by atoms with Crippen molar-refractivity contribution in [3.63, 3.8) is 0 Å². The third-order valence-electron chi connectivity index (χ3n) is 2.17. The van der Waals surface area contributed by atoms with Crippen molar-refractivity contribution in [3.05, 3.63) is 35.1 Å². The minimum Gasteiger partial charge on any atom is -0.396 e. The van der Waals surface area contributed by atoms with Crippen LogP contribution in [0.5, 0.6) is 0 Å². The molecule has 0 unspecified atom stereocenters. The molecule has 1 atom stereocenters. The Hall–Kier alpha value is -1.14. The molecule has 16 heavy (non-hydrogen) atoms. The summed E-state index contributed by atoms with van der Waals surface area (Å²) in [5, 5.41) is 8.59. The molecule has 3 N–H and O–H groups in total. The standard InChI is InChI=1S/C10H11F4NO/c11-8-5-6(10(12,13)14)1-2-7(8)9(15)3-4-16/h1-2,5,9,16H,3-4,15H2/t9-/m0/s1. The third kappa shape index (κ3) is 2.93. The summed E-state index contributed by atoms with van der Waals surface area (Å²) in [7, 11) is 0. The van der Waals surface area contributed by atoms with Crippen LogP contribution < -0.4 is 5.73 Å². The first-order chi connectivity index (χ1) is 7.36. The van der Waals surface area contributed by atoms with Gasteiger partial charge in [0.05, 0.1) is 5.56 Å². The molecule has 0 bridgehead atoms. The van der Waals surface area contributed by atoms with Gasteiger partial charge < -0.3 is 10.8 Å². The minimum absolute atomic E-state index is 0.0259. The number of alkyl halides is 3. The van der Waals surface area contributed by atoms with E-state index < -0.39 is 23.6 Å². The van der Waals surface area contributed by atoms with Gasteiger partial charge in [0.1, 0.15) is 5.82 Å². The first kappa shape index (κ1) is 12.9. The van der Waals surface area contributed by atoms with Crippen molar-refractivity contribution in [2.75, 3.05) is 6.61 Å². The van der Waals surface area contributed by atoms with Crippen molar-refractivity contribution in [1.82, 2.24) is 0 Å². The number of aliphatic hydroxyl groups excluding tert-OH is 1. The molecule has 0 fully saturated rings. The van der Waals surface area contributed by atoms with Crippen LogP contribution in [0.1, 0.15) is 23.6 Å². The van der Waals surface area contributed by atoms with Crippen LogP contribution in [0, 0.1) is 5.82 Å². The highest BCUT2D eigenvalue weighted by molar-refractivity contribution is 5.28. The maximum Gasteiger partial charge on any atom is 0.416 e.